The van der Waals surface area contributed by atoms with Gasteiger partial charge in [0, 0.05) is 11.6 Å². The number of nitrogens with two attached hydrogens (primary N) is 1. The van der Waals surface area contributed by atoms with Gasteiger partial charge in [-0.2, -0.15) is 0 Å². The lowest BCUT2D eigenvalue weighted by molar-refractivity contribution is 0.100. The number of carbonyl (C=O) groups is 1. The van der Waals surface area contributed by atoms with E-state index in [0.717, 1.165) is 5.56 Å². The second-order valence-electron chi connectivity index (χ2n) is 4.94. The highest BCUT2D eigenvalue weighted by molar-refractivity contribution is 5.93. The van der Waals surface area contributed by atoms with Gasteiger partial charge in [0.2, 0.25) is 5.91 Å². The Hall–Kier alpha value is -2.43. The summed E-state index contributed by atoms with van der Waals surface area (Å²) in [6.07, 6.45) is 0.526. The minimum atomic E-state index is -0.615. The number of carbonyl (C=O) groups excluding carboxylic acids is 1. The quantitative estimate of drug-likeness (QED) is 0.889. The highest BCUT2D eigenvalue weighted by atomic mass is 19.1. The Morgan fingerprint density at radius 2 is 2.00 bits per heavy atom. The minimum Gasteiger partial charge on any atom is -0.380 e. The van der Waals surface area contributed by atoms with Crippen molar-refractivity contribution in [3.63, 3.8) is 0 Å². The highest BCUT2D eigenvalue weighted by Crippen LogP contribution is 2.18. The summed E-state index contributed by atoms with van der Waals surface area (Å²) in [5, 5.41) is 2.97. The van der Waals surface area contributed by atoms with E-state index in [1.165, 1.54) is 30.3 Å². The number of hydrogen-bond donors (Lipinski definition) is 2. The first kappa shape index (κ1) is 15.0. The van der Waals surface area contributed by atoms with Gasteiger partial charge in [-0.15, -0.1) is 0 Å². The van der Waals surface area contributed by atoms with Gasteiger partial charge in [-0.3, -0.25) is 4.79 Å². The van der Waals surface area contributed by atoms with Crippen LogP contribution >= 0.6 is 0 Å². The predicted molar refractivity (Wildman–Crippen MR) is 78.1 cm³/mol. The van der Waals surface area contributed by atoms with Gasteiger partial charge in [0.25, 0.3) is 0 Å². The molecule has 5 heteroatoms. The molecule has 0 saturated heterocycles. The molecular weight excluding hydrogens is 274 g/mol. The van der Waals surface area contributed by atoms with Crippen molar-refractivity contribution < 1.29 is 13.6 Å². The third-order valence-corrected chi connectivity index (χ3v) is 3.08. The summed E-state index contributed by atoms with van der Waals surface area (Å²) in [5.74, 6) is -1.39. The molecule has 0 aliphatic carbocycles. The van der Waals surface area contributed by atoms with E-state index in [0.29, 0.717) is 6.42 Å². The molecule has 0 saturated carbocycles. The van der Waals surface area contributed by atoms with Crippen LogP contribution in [0.4, 0.5) is 14.5 Å². The van der Waals surface area contributed by atoms with Crippen LogP contribution < -0.4 is 11.1 Å². The molecule has 0 aliphatic rings. The Labute approximate surface area is 121 Å². The van der Waals surface area contributed by atoms with E-state index in [1.54, 1.807) is 12.1 Å². The van der Waals surface area contributed by atoms with Crippen LogP contribution in [0.15, 0.2) is 42.5 Å². The van der Waals surface area contributed by atoms with E-state index in [2.05, 4.69) is 5.32 Å². The van der Waals surface area contributed by atoms with E-state index < -0.39 is 11.7 Å². The summed E-state index contributed by atoms with van der Waals surface area (Å²) in [4.78, 5) is 11.1. The van der Waals surface area contributed by atoms with Crippen LogP contribution in [0.25, 0.3) is 0 Å². The van der Waals surface area contributed by atoms with Crippen LogP contribution in [0.2, 0.25) is 0 Å². The summed E-state index contributed by atoms with van der Waals surface area (Å²) in [6.45, 7) is 1.85. The fourth-order valence-electron chi connectivity index (χ4n) is 2.12. The van der Waals surface area contributed by atoms with Crippen molar-refractivity contribution in [1.29, 1.82) is 0 Å². The zero-order chi connectivity index (χ0) is 15.4. The van der Waals surface area contributed by atoms with Gasteiger partial charge in [-0.25, -0.2) is 8.78 Å². The van der Waals surface area contributed by atoms with Crippen LogP contribution in [-0.2, 0) is 6.42 Å². The lowest BCUT2D eigenvalue weighted by Gasteiger charge is -2.16. The van der Waals surface area contributed by atoms with Crippen molar-refractivity contribution in [3.8, 4) is 0 Å². The molecule has 3 N–H and O–H groups in total. The van der Waals surface area contributed by atoms with Gasteiger partial charge in [0.05, 0.1) is 5.69 Å². The molecule has 1 atom stereocenters. The molecule has 0 bridgehead atoms. The Balaban J connectivity index is 2.10. The largest absolute Gasteiger partial charge is 0.380 e. The van der Waals surface area contributed by atoms with Gasteiger partial charge in [-0.1, -0.05) is 12.1 Å². The zero-order valence-corrected chi connectivity index (χ0v) is 11.6. The summed E-state index contributed by atoms with van der Waals surface area (Å²) in [7, 11) is 0. The molecular formula is C16H16F2N2O. The second-order valence-corrected chi connectivity index (χ2v) is 4.94. The molecule has 2 aromatic rings. The van der Waals surface area contributed by atoms with Crippen LogP contribution in [0.5, 0.6) is 0 Å². The number of primary amides is 1. The second kappa shape index (κ2) is 6.35. The van der Waals surface area contributed by atoms with Gasteiger partial charge in [-0.05, 0) is 49.2 Å². The van der Waals surface area contributed by atoms with E-state index >= 15 is 0 Å². The van der Waals surface area contributed by atoms with Gasteiger partial charge in [0.15, 0.2) is 0 Å². The van der Waals surface area contributed by atoms with Crippen LogP contribution in [-0.4, -0.2) is 11.9 Å². The molecule has 1 unspecified atom stereocenters. The lowest BCUT2D eigenvalue weighted by Crippen LogP contribution is -2.20. The number of hydrogen-bond acceptors (Lipinski definition) is 2. The molecule has 0 fully saturated rings. The molecule has 0 radical (unpaired) electrons. The summed E-state index contributed by atoms with van der Waals surface area (Å²) < 4.78 is 26.8. The van der Waals surface area contributed by atoms with Crippen molar-refractivity contribution >= 4 is 11.6 Å². The summed E-state index contributed by atoms with van der Waals surface area (Å²) >= 11 is 0. The predicted octanol–water partition coefficient (Wildman–Crippen LogP) is 3.11. The molecule has 0 aromatic heterocycles. The molecule has 1 amide bonds. The number of benzene rings is 2. The average Bonchev–Trinajstić information content (AvgIpc) is 2.41. The summed E-state index contributed by atoms with van der Waals surface area (Å²) in [6, 6.07) is 10.0. The van der Waals surface area contributed by atoms with Crippen molar-refractivity contribution in [3.05, 3.63) is 65.2 Å². The first-order valence-electron chi connectivity index (χ1n) is 6.56. The van der Waals surface area contributed by atoms with Crippen LogP contribution in [0.1, 0.15) is 22.8 Å². The normalized spacial score (nSPS) is 12.0. The molecule has 21 heavy (non-hydrogen) atoms. The summed E-state index contributed by atoms with van der Waals surface area (Å²) in [5.41, 5.74) is 6.42. The third-order valence-electron chi connectivity index (χ3n) is 3.08. The van der Waals surface area contributed by atoms with E-state index in [-0.39, 0.29) is 23.1 Å². The Kier molecular flexibility index (Phi) is 4.52. The molecule has 2 aromatic carbocycles. The molecule has 2 rings (SSSR count). The standard InChI is InChI=1S/C16H16F2N2O/c1-10(7-11-3-2-4-13(17)8-11)20-15-9-12(16(19)21)5-6-14(15)18/h2-6,8-10,20H,7H2,1H3,(H2,19,21). The number of nitrogens with one attached hydrogen (secondary N) is 1. The number of rotatable bonds is 5. The number of amides is 1. The lowest BCUT2D eigenvalue weighted by atomic mass is 10.1. The number of halogens is 2. The average molecular weight is 290 g/mol. The van der Waals surface area contributed by atoms with Crippen molar-refractivity contribution in [2.75, 3.05) is 5.32 Å². The maximum absolute atomic E-state index is 13.7. The molecule has 0 heterocycles. The Bertz CT molecular complexity index is 658. The number of anilines is 1. The Morgan fingerprint density at radius 3 is 2.67 bits per heavy atom. The fourth-order valence-corrected chi connectivity index (χ4v) is 2.12. The van der Waals surface area contributed by atoms with Crippen molar-refractivity contribution in [2.24, 2.45) is 5.73 Å². The topological polar surface area (TPSA) is 55.1 Å². The minimum absolute atomic E-state index is 0.135. The van der Waals surface area contributed by atoms with E-state index in [9.17, 15) is 13.6 Å². The first-order chi connectivity index (χ1) is 9.95. The molecule has 110 valence electrons. The van der Waals surface area contributed by atoms with Crippen LogP contribution in [0.3, 0.4) is 0 Å². The smallest absolute Gasteiger partial charge is 0.248 e. The molecule has 0 aliphatic heterocycles. The molecule has 0 spiro atoms. The van der Waals surface area contributed by atoms with E-state index in [1.807, 2.05) is 6.92 Å². The fraction of sp³-hybridized carbons (Fsp3) is 0.188. The van der Waals surface area contributed by atoms with Crippen molar-refractivity contribution in [1.82, 2.24) is 0 Å². The van der Waals surface area contributed by atoms with Crippen LogP contribution in [0, 0.1) is 11.6 Å². The monoisotopic (exact) mass is 290 g/mol. The maximum Gasteiger partial charge on any atom is 0.248 e. The van der Waals surface area contributed by atoms with Gasteiger partial charge in [0.1, 0.15) is 11.6 Å². The SMILES string of the molecule is CC(Cc1cccc(F)c1)Nc1cc(C(N)=O)ccc1F. The molecule has 3 nitrogen and oxygen atoms in total. The van der Waals surface area contributed by atoms with E-state index in [4.69, 9.17) is 5.73 Å². The highest BCUT2D eigenvalue weighted by Gasteiger charge is 2.10. The zero-order valence-electron chi connectivity index (χ0n) is 11.6. The Morgan fingerprint density at radius 1 is 1.24 bits per heavy atom. The first-order valence-corrected chi connectivity index (χ1v) is 6.56. The van der Waals surface area contributed by atoms with Gasteiger partial charge >= 0.3 is 0 Å². The van der Waals surface area contributed by atoms with Gasteiger partial charge < -0.3 is 11.1 Å². The maximum atomic E-state index is 13.7. The van der Waals surface area contributed by atoms with Crippen molar-refractivity contribution in [2.45, 2.75) is 19.4 Å². The third kappa shape index (κ3) is 4.02.